The number of hydrogen-bond donors (Lipinski definition) is 2. The number of hydrogen-bond acceptors (Lipinski definition) is 5. The Bertz CT molecular complexity index is 862. The molecule has 7 heteroatoms. The lowest BCUT2D eigenvalue weighted by Crippen LogP contribution is -2.15. The zero-order chi connectivity index (χ0) is 15.7. The van der Waals surface area contributed by atoms with Crippen LogP contribution in [0.5, 0.6) is 0 Å². The summed E-state index contributed by atoms with van der Waals surface area (Å²) in [7, 11) is 3.36. The maximum absolute atomic E-state index is 11.9. The molecule has 0 bridgehead atoms. The second-order valence-corrected chi connectivity index (χ2v) is 5.97. The number of aromatic nitrogens is 2. The number of fused-ring (bicyclic) bond motifs is 1. The molecule has 2 N–H and O–H groups in total. The number of rotatable bonds is 3. The molecule has 2 heterocycles. The number of nitrogens with zero attached hydrogens (tertiary/aromatic N) is 2. The van der Waals surface area contributed by atoms with Crippen LogP contribution in [-0.4, -0.2) is 30.0 Å². The molecular formula is C15H13ClN4OS. The first-order chi connectivity index (χ1) is 10.6. The number of anilines is 1. The largest absolute Gasteiger partial charge is 0.357 e. The van der Waals surface area contributed by atoms with Gasteiger partial charge in [0, 0.05) is 30.1 Å². The summed E-state index contributed by atoms with van der Waals surface area (Å²) in [6.45, 7) is 0. The number of amides is 1. The lowest BCUT2D eigenvalue weighted by Gasteiger charge is -2.07. The van der Waals surface area contributed by atoms with Gasteiger partial charge in [0.1, 0.15) is 4.83 Å². The highest BCUT2D eigenvalue weighted by molar-refractivity contribution is 7.20. The Labute approximate surface area is 136 Å². The monoisotopic (exact) mass is 332 g/mol. The molecule has 0 unspecified atom stereocenters. The van der Waals surface area contributed by atoms with Crippen LogP contribution in [-0.2, 0) is 0 Å². The maximum Gasteiger partial charge on any atom is 0.261 e. The van der Waals surface area contributed by atoms with Gasteiger partial charge in [0.15, 0.2) is 0 Å². The van der Waals surface area contributed by atoms with Gasteiger partial charge in [-0.2, -0.15) is 0 Å². The first kappa shape index (κ1) is 14.7. The van der Waals surface area contributed by atoms with Crippen molar-refractivity contribution in [3.8, 4) is 11.3 Å². The van der Waals surface area contributed by atoms with E-state index in [0.717, 1.165) is 15.8 Å². The Hall–Kier alpha value is -2.18. The topological polar surface area (TPSA) is 66.9 Å². The van der Waals surface area contributed by atoms with Crippen LogP contribution in [0, 0.1) is 0 Å². The predicted molar refractivity (Wildman–Crippen MR) is 90.8 cm³/mol. The molecule has 112 valence electrons. The van der Waals surface area contributed by atoms with Crippen molar-refractivity contribution in [1.82, 2.24) is 15.3 Å². The van der Waals surface area contributed by atoms with Gasteiger partial charge in [-0.15, -0.1) is 11.3 Å². The third-order valence-corrected chi connectivity index (χ3v) is 4.55. The van der Waals surface area contributed by atoms with Gasteiger partial charge in [-0.05, 0) is 12.1 Å². The first-order valence-corrected chi connectivity index (χ1v) is 7.79. The van der Waals surface area contributed by atoms with Crippen molar-refractivity contribution in [3.05, 3.63) is 40.2 Å². The van der Waals surface area contributed by atoms with E-state index < -0.39 is 0 Å². The van der Waals surface area contributed by atoms with Crippen molar-refractivity contribution in [2.75, 3.05) is 19.4 Å². The average molecular weight is 333 g/mol. The molecular weight excluding hydrogens is 320 g/mol. The van der Waals surface area contributed by atoms with E-state index in [9.17, 15) is 4.79 Å². The highest BCUT2D eigenvalue weighted by atomic mass is 35.5. The van der Waals surface area contributed by atoms with Crippen molar-refractivity contribution in [2.24, 2.45) is 0 Å². The molecule has 0 saturated heterocycles. The number of thiophene rings is 1. The second-order valence-electron chi connectivity index (χ2n) is 4.53. The van der Waals surface area contributed by atoms with Gasteiger partial charge < -0.3 is 10.6 Å². The normalized spacial score (nSPS) is 10.7. The van der Waals surface area contributed by atoms with E-state index in [2.05, 4.69) is 20.6 Å². The zero-order valence-corrected chi connectivity index (χ0v) is 13.5. The number of nitrogens with one attached hydrogen (secondary N) is 2. The Balaban J connectivity index is 2.30. The fraction of sp³-hybridized carbons (Fsp3) is 0.133. The van der Waals surface area contributed by atoms with Gasteiger partial charge in [0.25, 0.3) is 5.91 Å². The minimum Gasteiger partial charge on any atom is -0.357 e. The van der Waals surface area contributed by atoms with Crippen molar-refractivity contribution >= 4 is 45.0 Å². The lowest BCUT2D eigenvalue weighted by molar-refractivity contribution is 0.0967. The summed E-state index contributed by atoms with van der Waals surface area (Å²) in [5.74, 6) is 0.354. The molecule has 0 radical (unpaired) electrons. The zero-order valence-electron chi connectivity index (χ0n) is 12.0. The van der Waals surface area contributed by atoms with Crippen LogP contribution in [0.4, 0.5) is 5.95 Å². The first-order valence-electron chi connectivity index (χ1n) is 6.60. The highest BCUT2D eigenvalue weighted by Gasteiger charge is 2.17. The van der Waals surface area contributed by atoms with Crippen molar-refractivity contribution in [1.29, 1.82) is 0 Å². The van der Waals surface area contributed by atoms with Crippen molar-refractivity contribution < 1.29 is 4.79 Å². The van der Waals surface area contributed by atoms with Gasteiger partial charge in [-0.25, -0.2) is 9.97 Å². The van der Waals surface area contributed by atoms with Crippen LogP contribution < -0.4 is 10.6 Å². The molecule has 1 amide bonds. The van der Waals surface area contributed by atoms with Gasteiger partial charge in [-0.1, -0.05) is 29.8 Å². The number of halogens is 1. The summed E-state index contributed by atoms with van der Waals surface area (Å²) in [5.41, 5.74) is 1.53. The van der Waals surface area contributed by atoms with E-state index in [4.69, 9.17) is 11.6 Å². The molecule has 0 spiro atoms. The molecule has 0 aliphatic heterocycles. The standard InChI is InChI=1S/C15H13ClN4OS/c1-17-13(21)11-7-9-12(8-5-3-4-6-10(8)16)19-15(18-2)20-14(9)22-11/h3-7H,1-2H3,(H,17,21)(H,18,19,20). The Morgan fingerprint density at radius 2 is 2.00 bits per heavy atom. The molecule has 22 heavy (non-hydrogen) atoms. The van der Waals surface area contributed by atoms with Crippen molar-refractivity contribution in [3.63, 3.8) is 0 Å². The van der Waals surface area contributed by atoms with Crippen LogP contribution in [0.2, 0.25) is 5.02 Å². The second kappa shape index (κ2) is 5.90. The van der Waals surface area contributed by atoms with E-state index in [0.29, 0.717) is 21.5 Å². The van der Waals surface area contributed by atoms with Gasteiger partial charge in [0.05, 0.1) is 10.6 Å². The quantitative estimate of drug-likeness (QED) is 0.771. The predicted octanol–water partition coefficient (Wildman–Crippen LogP) is 3.41. The summed E-state index contributed by atoms with van der Waals surface area (Å²) in [6, 6.07) is 9.29. The summed E-state index contributed by atoms with van der Waals surface area (Å²) in [6.07, 6.45) is 0. The Morgan fingerprint density at radius 1 is 1.23 bits per heavy atom. The highest BCUT2D eigenvalue weighted by Crippen LogP contribution is 2.35. The minimum absolute atomic E-state index is 0.140. The Kier molecular flexibility index (Phi) is 3.96. The number of carbonyl (C=O) groups excluding carboxylic acids is 1. The summed E-state index contributed by atoms with van der Waals surface area (Å²) in [5, 5.41) is 6.99. The SMILES string of the molecule is CNC(=O)c1cc2c(-c3ccccc3Cl)nc(NC)nc2s1. The fourth-order valence-electron chi connectivity index (χ4n) is 2.13. The smallest absolute Gasteiger partial charge is 0.261 e. The molecule has 1 aromatic carbocycles. The van der Waals surface area contributed by atoms with E-state index in [-0.39, 0.29) is 5.91 Å². The van der Waals surface area contributed by atoms with Gasteiger partial charge in [0.2, 0.25) is 5.95 Å². The minimum atomic E-state index is -0.140. The third-order valence-electron chi connectivity index (χ3n) is 3.20. The summed E-state index contributed by atoms with van der Waals surface area (Å²) < 4.78 is 0. The molecule has 0 atom stereocenters. The molecule has 0 saturated carbocycles. The summed E-state index contributed by atoms with van der Waals surface area (Å²) >= 11 is 7.62. The molecule has 3 rings (SSSR count). The molecule has 3 aromatic rings. The Morgan fingerprint density at radius 3 is 2.68 bits per heavy atom. The molecule has 0 aliphatic carbocycles. The molecule has 0 aliphatic rings. The van der Waals surface area contributed by atoms with Gasteiger partial charge >= 0.3 is 0 Å². The lowest BCUT2D eigenvalue weighted by atomic mass is 10.1. The van der Waals surface area contributed by atoms with Crippen LogP contribution in [0.1, 0.15) is 9.67 Å². The van der Waals surface area contributed by atoms with Gasteiger partial charge in [-0.3, -0.25) is 4.79 Å². The van der Waals surface area contributed by atoms with Crippen LogP contribution in [0.3, 0.4) is 0 Å². The molecule has 2 aromatic heterocycles. The van der Waals surface area contributed by atoms with Crippen molar-refractivity contribution in [2.45, 2.75) is 0 Å². The van der Waals surface area contributed by atoms with Crippen LogP contribution in [0.25, 0.3) is 21.5 Å². The molecule has 5 nitrogen and oxygen atoms in total. The van der Waals surface area contributed by atoms with Crippen LogP contribution in [0.15, 0.2) is 30.3 Å². The van der Waals surface area contributed by atoms with E-state index in [1.165, 1.54) is 11.3 Å². The summed E-state index contributed by atoms with van der Waals surface area (Å²) in [4.78, 5) is 22.1. The molecule has 0 fully saturated rings. The maximum atomic E-state index is 11.9. The third kappa shape index (κ3) is 2.51. The number of benzene rings is 1. The van der Waals surface area contributed by atoms with E-state index in [1.54, 1.807) is 20.2 Å². The number of carbonyl (C=O) groups is 1. The van der Waals surface area contributed by atoms with E-state index in [1.807, 2.05) is 24.3 Å². The fourth-order valence-corrected chi connectivity index (χ4v) is 3.33. The average Bonchev–Trinajstić information content (AvgIpc) is 2.97. The van der Waals surface area contributed by atoms with E-state index >= 15 is 0 Å². The van der Waals surface area contributed by atoms with Crippen LogP contribution >= 0.6 is 22.9 Å².